The van der Waals surface area contributed by atoms with Gasteiger partial charge in [-0.05, 0) is 13.8 Å². The van der Waals surface area contributed by atoms with Gasteiger partial charge in [0.25, 0.3) is 0 Å². The Labute approximate surface area is 132 Å². The SMILES string of the molecule is CN(Cc1cnn(C)c1)C(=O)NCC(C)(C)N1CCOCC1. The minimum Gasteiger partial charge on any atom is -0.379 e. The van der Waals surface area contributed by atoms with E-state index in [0.717, 1.165) is 31.9 Å². The third-order valence-corrected chi connectivity index (χ3v) is 4.06. The van der Waals surface area contributed by atoms with E-state index >= 15 is 0 Å². The Morgan fingerprint density at radius 1 is 1.45 bits per heavy atom. The molecule has 0 atom stereocenters. The van der Waals surface area contributed by atoms with Crippen LogP contribution in [-0.2, 0) is 18.3 Å². The third kappa shape index (κ3) is 4.45. The lowest BCUT2D eigenvalue weighted by molar-refractivity contribution is -0.00900. The number of carbonyl (C=O) groups excluding carboxylic acids is 1. The zero-order chi connectivity index (χ0) is 16.2. The number of nitrogens with zero attached hydrogens (tertiary/aromatic N) is 4. The molecule has 1 aromatic rings. The van der Waals surface area contributed by atoms with Gasteiger partial charge in [0.15, 0.2) is 0 Å². The molecular weight excluding hydrogens is 282 g/mol. The standard InChI is InChI=1S/C15H27N5O2/c1-15(2,20-5-7-22-8-6-20)12-16-14(21)18(3)10-13-9-17-19(4)11-13/h9,11H,5-8,10,12H2,1-4H3,(H,16,21). The van der Waals surface area contributed by atoms with Crippen LogP contribution in [0.15, 0.2) is 12.4 Å². The Balaban J connectivity index is 1.80. The fraction of sp³-hybridized carbons (Fsp3) is 0.733. The molecule has 1 aliphatic heterocycles. The van der Waals surface area contributed by atoms with E-state index in [0.29, 0.717) is 13.1 Å². The molecule has 7 nitrogen and oxygen atoms in total. The molecule has 1 aliphatic rings. The molecule has 1 saturated heterocycles. The Morgan fingerprint density at radius 3 is 2.73 bits per heavy atom. The van der Waals surface area contributed by atoms with Gasteiger partial charge in [-0.3, -0.25) is 9.58 Å². The van der Waals surface area contributed by atoms with Crippen molar-refractivity contribution in [2.24, 2.45) is 7.05 Å². The molecule has 2 heterocycles. The molecule has 0 aromatic carbocycles. The summed E-state index contributed by atoms with van der Waals surface area (Å²) in [6, 6.07) is -0.0646. The summed E-state index contributed by atoms with van der Waals surface area (Å²) in [6.45, 7) is 8.82. The van der Waals surface area contributed by atoms with Crippen LogP contribution in [0.25, 0.3) is 0 Å². The number of morpholine rings is 1. The first kappa shape index (κ1) is 16.8. The number of urea groups is 1. The summed E-state index contributed by atoms with van der Waals surface area (Å²) < 4.78 is 7.12. The van der Waals surface area contributed by atoms with Crippen LogP contribution < -0.4 is 5.32 Å². The number of amides is 2. The minimum absolute atomic E-state index is 0.0646. The fourth-order valence-corrected chi connectivity index (χ4v) is 2.61. The Bertz CT molecular complexity index is 494. The molecule has 1 fully saturated rings. The van der Waals surface area contributed by atoms with Crippen LogP contribution in [0.5, 0.6) is 0 Å². The second-order valence-corrected chi connectivity index (χ2v) is 6.45. The molecule has 22 heavy (non-hydrogen) atoms. The van der Waals surface area contributed by atoms with Gasteiger partial charge in [0, 0.05) is 51.0 Å². The number of hydrogen-bond donors (Lipinski definition) is 1. The lowest BCUT2D eigenvalue weighted by Crippen LogP contribution is -2.56. The number of aryl methyl sites for hydroxylation is 1. The summed E-state index contributed by atoms with van der Waals surface area (Å²) in [5, 5.41) is 7.14. The van der Waals surface area contributed by atoms with Crippen molar-refractivity contribution in [3.05, 3.63) is 18.0 Å². The van der Waals surface area contributed by atoms with Gasteiger partial charge in [0.1, 0.15) is 0 Å². The molecule has 1 aromatic heterocycles. The first-order valence-corrected chi connectivity index (χ1v) is 7.68. The molecule has 0 saturated carbocycles. The average molecular weight is 309 g/mol. The van der Waals surface area contributed by atoms with Crippen molar-refractivity contribution in [2.45, 2.75) is 25.9 Å². The van der Waals surface area contributed by atoms with Gasteiger partial charge in [0.2, 0.25) is 0 Å². The highest BCUT2D eigenvalue weighted by atomic mass is 16.5. The first-order valence-electron chi connectivity index (χ1n) is 7.68. The number of aromatic nitrogens is 2. The average Bonchev–Trinajstić information content (AvgIpc) is 2.91. The third-order valence-electron chi connectivity index (χ3n) is 4.06. The number of ether oxygens (including phenoxy) is 1. The summed E-state index contributed by atoms with van der Waals surface area (Å²) in [5.41, 5.74) is 0.946. The van der Waals surface area contributed by atoms with E-state index in [9.17, 15) is 4.79 Å². The zero-order valence-electron chi connectivity index (χ0n) is 14.0. The molecule has 7 heteroatoms. The smallest absolute Gasteiger partial charge is 0.317 e. The summed E-state index contributed by atoms with van der Waals surface area (Å²) in [5.74, 6) is 0. The minimum atomic E-state index is -0.0748. The van der Waals surface area contributed by atoms with E-state index in [2.05, 4.69) is 29.2 Å². The van der Waals surface area contributed by atoms with Gasteiger partial charge in [-0.15, -0.1) is 0 Å². The van der Waals surface area contributed by atoms with Crippen LogP contribution in [0.1, 0.15) is 19.4 Å². The highest BCUT2D eigenvalue weighted by molar-refractivity contribution is 5.73. The predicted octanol–water partition coefficient (Wildman–Crippen LogP) is 0.672. The molecule has 0 spiro atoms. The van der Waals surface area contributed by atoms with Crippen molar-refractivity contribution < 1.29 is 9.53 Å². The van der Waals surface area contributed by atoms with E-state index in [4.69, 9.17) is 4.74 Å². The number of rotatable bonds is 5. The summed E-state index contributed by atoms with van der Waals surface area (Å²) in [4.78, 5) is 16.3. The highest BCUT2D eigenvalue weighted by Gasteiger charge is 2.28. The number of hydrogen-bond acceptors (Lipinski definition) is 4. The maximum atomic E-state index is 12.2. The molecule has 0 radical (unpaired) electrons. The Hall–Kier alpha value is -1.60. The fourth-order valence-electron chi connectivity index (χ4n) is 2.61. The monoisotopic (exact) mass is 309 g/mol. The van der Waals surface area contributed by atoms with Crippen LogP contribution in [0.3, 0.4) is 0 Å². The lowest BCUT2D eigenvalue weighted by atomic mass is 10.0. The lowest BCUT2D eigenvalue weighted by Gasteiger charge is -2.41. The van der Waals surface area contributed by atoms with E-state index < -0.39 is 0 Å². The van der Waals surface area contributed by atoms with Crippen LogP contribution in [0.4, 0.5) is 4.79 Å². The summed E-state index contributed by atoms with van der Waals surface area (Å²) in [7, 11) is 3.67. The maximum Gasteiger partial charge on any atom is 0.317 e. The van der Waals surface area contributed by atoms with Crippen molar-refractivity contribution in [3.8, 4) is 0 Å². The Kier molecular flexibility index (Phi) is 5.42. The molecule has 2 rings (SSSR count). The van der Waals surface area contributed by atoms with Crippen LogP contribution in [0.2, 0.25) is 0 Å². The van der Waals surface area contributed by atoms with Crippen LogP contribution in [-0.4, -0.2) is 71.0 Å². The molecule has 124 valence electrons. The maximum absolute atomic E-state index is 12.2. The van der Waals surface area contributed by atoms with Crippen molar-refractivity contribution in [2.75, 3.05) is 39.9 Å². The van der Waals surface area contributed by atoms with Crippen molar-refractivity contribution in [3.63, 3.8) is 0 Å². The second kappa shape index (κ2) is 7.11. The van der Waals surface area contributed by atoms with E-state index in [1.807, 2.05) is 13.2 Å². The van der Waals surface area contributed by atoms with Crippen LogP contribution in [0, 0.1) is 0 Å². The van der Waals surface area contributed by atoms with Crippen molar-refractivity contribution >= 4 is 6.03 Å². The summed E-state index contributed by atoms with van der Waals surface area (Å²) >= 11 is 0. The largest absolute Gasteiger partial charge is 0.379 e. The van der Waals surface area contributed by atoms with Gasteiger partial charge < -0.3 is 15.0 Å². The molecule has 1 N–H and O–H groups in total. The predicted molar refractivity (Wildman–Crippen MR) is 84.5 cm³/mol. The van der Waals surface area contributed by atoms with Crippen molar-refractivity contribution in [1.82, 2.24) is 24.9 Å². The highest BCUT2D eigenvalue weighted by Crippen LogP contribution is 2.15. The van der Waals surface area contributed by atoms with E-state index in [-0.39, 0.29) is 11.6 Å². The molecule has 2 amide bonds. The van der Waals surface area contributed by atoms with Gasteiger partial charge in [-0.2, -0.15) is 5.10 Å². The summed E-state index contributed by atoms with van der Waals surface area (Å²) in [6.07, 6.45) is 3.70. The zero-order valence-corrected chi connectivity index (χ0v) is 14.0. The molecular formula is C15H27N5O2. The topological polar surface area (TPSA) is 62.6 Å². The number of nitrogens with one attached hydrogen (secondary N) is 1. The normalized spacial score (nSPS) is 16.5. The Morgan fingerprint density at radius 2 is 2.14 bits per heavy atom. The van der Waals surface area contributed by atoms with Crippen molar-refractivity contribution in [1.29, 1.82) is 0 Å². The van der Waals surface area contributed by atoms with E-state index in [1.165, 1.54) is 0 Å². The van der Waals surface area contributed by atoms with Gasteiger partial charge in [0.05, 0.1) is 26.0 Å². The van der Waals surface area contributed by atoms with Crippen LogP contribution >= 0.6 is 0 Å². The second-order valence-electron chi connectivity index (χ2n) is 6.45. The van der Waals surface area contributed by atoms with Gasteiger partial charge >= 0.3 is 6.03 Å². The van der Waals surface area contributed by atoms with Gasteiger partial charge in [-0.25, -0.2) is 4.79 Å². The first-order chi connectivity index (χ1) is 10.4. The quantitative estimate of drug-likeness (QED) is 0.868. The molecule has 0 aliphatic carbocycles. The van der Waals surface area contributed by atoms with Gasteiger partial charge in [-0.1, -0.05) is 0 Å². The molecule has 0 unspecified atom stereocenters. The number of carbonyl (C=O) groups is 1. The molecule has 0 bridgehead atoms. The van der Waals surface area contributed by atoms with E-state index in [1.54, 1.807) is 22.8 Å².